The smallest absolute Gasteiger partial charge is 0.262 e. The second kappa shape index (κ2) is 6.89. The lowest BCUT2D eigenvalue weighted by molar-refractivity contribution is -0.118. The summed E-state index contributed by atoms with van der Waals surface area (Å²) in [4.78, 5) is 22.7. The fourth-order valence-electron chi connectivity index (χ4n) is 2.38. The van der Waals surface area contributed by atoms with Crippen LogP contribution in [0.4, 0.5) is 5.69 Å². The molecule has 0 saturated heterocycles. The van der Waals surface area contributed by atoms with Crippen molar-refractivity contribution in [2.24, 2.45) is 0 Å². The van der Waals surface area contributed by atoms with E-state index < -0.39 is 0 Å². The number of aryl methyl sites for hydroxylation is 3. The van der Waals surface area contributed by atoms with E-state index in [-0.39, 0.29) is 12.5 Å². The van der Waals surface area contributed by atoms with Crippen LogP contribution in [0.2, 0.25) is 0 Å². The van der Waals surface area contributed by atoms with Crippen molar-refractivity contribution in [2.45, 2.75) is 20.8 Å². The van der Waals surface area contributed by atoms with Crippen LogP contribution in [0.1, 0.15) is 27.0 Å². The summed E-state index contributed by atoms with van der Waals surface area (Å²) < 4.78 is 5.42. The lowest BCUT2D eigenvalue weighted by atomic mass is 10.1. The van der Waals surface area contributed by atoms with Gasteiger partial charge < -0.3 is 10.1 Å². The Morgan fingerprint density at radius 3 is 2.45 bits per heavy atom. The minimum atomic E-state index is -0.230. The van der Waals surface area contributed by atoms with Gasteiger partial charge in [0.2, 0.25) is 0 Å². The molecule has 0 spiro atoms. The van der Waals surface area contributed by atoms with Crippen LogP contribution in [0.5, 0.6) is 5.75 Å². The third kappa shape index (κ3) is 3.95. The van der Waals surface area contributed by atoms with Gasteiger partial charge in [0, 0.05) is 11.3 Å². The minimum absolute atomic E-state index is 0.102. The highest BCUT2D eigenvalue weighted by molar-refractivity contribution is 5.93. The topological polar surface area (TPSA) is 55.4 Å². The number of carbonyl (C=O) groups excluding carboxylic acids is 2. The molecule has 1 N–H and O–H groups in total. The summed E-state index contributed by atoms with van der Waals surface area (Å²) in [5.41, 5.74) is 4.54. The molecule has 0 aromatic heterocycles. The van der Waals surface area contributed by atoms with E-state index in [1.54, 1.807) is 24.3 Å². The molecule has 4 heteroatoms. The maximum Gasteiger partial charge on any atom is 0.262 e. The van der Waals surface area contributed by atoms with Crippen LogP contribution in [-0.4, -0.2) is 18.8 Å². The fraction of sp³-hybridized carbons (Fsp3) is 0.222. The first-order valence-electron chi connectivity index (χ1n) is 7.05. The van der Waals surface area contributed by atoms with Crippen molar-refractivity contribution in [3.63, 3.8) is 0 Å². The lowest BCUT2D eigenvalue weighted by Crippen LogP contribution is -2.21. The van der Waals surface area contributed by atoms with Crippen LogP contribution < -0.4 is 10.1 Å². The number of carbonyl (C=O) groups is 2. The molecule has 0 fully saturated rings. The summed E-state index contributed by atoms with van der Waals surface area (Å²) >= 11 is 0. The Labute approximate surface area is 130 Å². The molecule has 2 rings (SSSR count). The average molecular weight is 297 g/mol. The first-order chi connectivity index (χ1) is 10.5. The third-order valence-electron chi connectivity index (χ3n) is 3.31. The molecule has 22 heavy (non-hydrogen) atoms. The first kappa shape index (κ1) is 15.8. The van der Waals surface area contributed by atoms with Gasteiger partial charge in [-0.3, -0.25) is 9.59 Å². The summed E-state index contributed by atoms with van der Waals surface area (Å²) in [5.74, 6) is 0.267. The molecule has 0 bridgehead atoms. The molecule has 0 aliphatic rings. The molecule has 0 radical (unpaired) electrons. The van der Waals surface area contributed by atoms with E-state index in [2.05, 4.69) is 5.32 Å². The summed E-state index contributed by atoms with van der Waals surface area (Å²) in [6.45, 7) is 5.85. The standard InChI is InChI=1S/C18H19NO3/c1-12-7-13(2)18(14(3)8-12)19-17(21)11-22-16-6-4-5-15(9-16)10-20/h4-10H,11H2,1-3H3,(H,19,21). The van der Waals surface area contributed by atoms with Gasteiger partial charge >= 0.3 is 0 Å². The zero-order valence-electron chi connectivity index (χ0n) is 13.0. The summed E-state index contributed by atoms with van der Waals surface area (Å²) in [6, 6.07) is 10.8. The van der Waals surface area contributed by atoms with Gasteiger partial charge in [0.05, 0.1) is 0 Å². The molecule has 0 heterocycles. The van der Waals surface area contributed by atoms with Crippen LogP contribution >= 0.6 is 0 Å². The second-order valence-corrected chi connectivity index (χ2v) is 5.30. The van der Waals surface area contributed by atoms with Gasteiger partial charge in [0.15, 0.2) is 6.61 Å². The van der Waals surface area contributed by atoms with Crippen molar-refractivity contribution in [3.05, 3.63) is 58.7 Å². The van der Waals surface area contributed by atoms with Crippen molar-refractivity contribution in [3.8, 4) is 5.75 Å². The van der Waals surface area contributed by atoms with E-state index in [1.165, 1.54) is 0 Å². The number of hydrogen-bond donors (Lipinski definition) is 1. The van der Waals surface area contributed by atoms with E-state index >= 15 is 0 Å². The van der Waals surface area contributed by atoms with E-state index in [1.807, 2.05) is 32.9 Å². The zero-order valence-corrected chi connectivity index (χ0v) is 13.0. The van der Waals surface area contributed by atoms with E-state index in [4.69, 9.17) is 4.74 Å². The number of hydrogen-bond acceptors (Lipinski definition) is 3. The largest absolute Gasteiger partial charge is 0.484 e. The second-order valence-electron chi connectivity index (χ2n) is 5.30. The summed E-state index contributed by atoms with van der Waals surface area (Å²) in [6.07, 6.45) is 0.742. The molecule has 0 atom stereocenters. The van der Waals surface area contributed by atoms with E-state index in [0.29, 0.717) is 11.3 Å². The quantitative estimate of drug-likeness (QED) is 0.860. The van der Waals surface area contributed by atoms with Crippen molar-refractivity contribution in [1.82, 2.24) is 0 Å². The van der Waals surface area contributed by atoms with Crippen molar-refractivity contribution >= 4 is 17.9 Å². The monoisotopic (exact) mass is 297 g/mol. The number of nitrogens with one attached hydrogen (secondary N) is 1. The maximum atomic E-state index is 12.0. The number of ether oxygens (including phenoxy) is 1. The molecule has 2 aromatic carbocycles. The number of aldehydes is 1. The number of anilines is 1. The predicted octanol–water partition coefficient (Wildman–Crippen LogP) is 3.44. The van der Waals surface area contributed by atoms with Crippen LogP contribution in [0.25, 0.3) is 0 Å². The maximum absolute atomic E-state index is 12.0. The Morgan fingerprint density at radius 2 is 1.82 bits per heavy atom. The number of rotatable bonds is 5. The lowest BCUT2D eigenvalue weighted by Gasteiger charge is -2.13. The Balaban J connectivity index is 2.00. The van der Waals surface area contributed by atoms with Crippen LogP contribution in [0.3, 0.4) is 0 Å². The Bertz CT molecular complexity index is 684. The molecular weight excluding hydrogens is 278 g/mol. The first-order valence-corrected chi connectivity index (χ1v) is 7.05. The van der Waals surface area contributed by atoms with Gasteiger partial charge in [0.1, 0.15) is 12.0 Å². The zero-order chi connectivity index (χ0) is 16.1. The summed E-state index contributed by atoms with van der Waals surface area (Å²) in [5, 5.41) is 2.87. The van der Waals surface area contributed by atoms with Gasteiger partial charge in [-0.15, -0.1) is 0 Å². The van der Waals surface area contributed by atoms with Crippen LogP contribution in [-0.2, 0) is 4.79 Å². The molecule has 4 nitrogen and oxygen atoms in total. The van der Waals surface area contributed by atoms with Gasteiger partial charge in [-0.2, -0.15) is 0 Å². The summed E-state index contributed by atoms with van der Waals surface area (Å²) in [7, 11) is 0. The van der Waals surface area contributed by atoms with E-state index in [0.717, 1.165) is 28.7 Å². The van der Waals surface area contributed by atoms with Crippen LogP contribution in [0, 0.1) is 20.8 Å². The van der Waals surface area contributed by atoms with Crippen molar-refractivity contribution < 1.29 is 14.3 Å². The molecule has 2 aromatic rings. The highest BCUT2D eigenvalue weighted by Gasteiger charge is 2.09. The molecule has 1 amide bonds. The molecule has 0 saturated carbocycles. The minimum Gasteiger partial charge on any atom is -0.484 e. The van der Waals surface area contributed by atoms with Gasteiger partial charge in [-0.05, 0) is 44.0 Å². The third-order valence-corrected chi connectivity index (χ3v) is 3.31. The van der Waals surface area contributed by atoms with Gasteiger partial charge in [-0.1, -0.05) is 29.8 Å². The Kier molecular flexibility index (Phi) is 4.94. The SMILES string of the molecule is Cc1cc(C)c(NC(=O)COc2cccc(C=O)c2)c(C)c1. The predicted molar refractivity (Wildman–Crippen MR) is 86.6 cm³/mol. The van der Waals surface area contributed by atoms with Gasteiger partial charge in [0.25, 0.3) is 5.91 Å². The van der Waals surface area contributed by atoms with Gasteiger partial charge in [-0.25, -0.2) is 0 Å². The molecule has 114 valence electrons. The molecular formula is C18H19NO3. The normalized spacial score (nSPS) is 10.1. The molecule has 0 aliphatic carbocycles. The number of amides is 1. The highest BCUT2D eigenvalue weighted by atomic mass is 16.5. The van der Waals surface area contributed by atoms with Crippen molar-refractivity contribution in [2.75, 3.05) is 11.9 Å². The van der Waals surface area contributed by atoms with E-state index in [9.17, 15) is 9.59 Å². The van der Waals surface area contributed by atoms with Crippen molar-refractivity contribution in [1.29, 1.82) is 0 Å². The highest BCUT2D eigenvalue weighted by Crippen LogP contribution is 2.22. The Hall–Kier alpha value is -2.62. The average Bonchev–Trinajstić information content (AvgIpc) is 2.49. The number of benzene rings is 2. The van der Waals surface area contributed by atoms with Crippen LogP contribution in [0.15, 0.2) is 36.4 Å². The molecule has 0 aliphatic heterocycles. The Morgan fingerprint density at radius 1 is 1.14 bits per heavy atom. The fourth-order valence-corrected chi connectivity index (χ4v) is 2.38. The molecule has 0 unspecified atom stereocenters.